The average Bonchev–Trinajstić information content (AvgIpc) is 2.40. The Kier molecular flexibility index (Phi) is 9.24. The Hall–Kier alpha value is -1.83. The second-order valence-corrected chi connectivity index (χ2v) is 5.64. The monoisotopic (exact) mass is 351 g/mol. The third-order valence-electron chi connectivity index (χ3n) is 2.60. The largest absolute Gasteiger partial charge is 0.478 e. The highest BCUT2D eigenvalue weighted by molar-refractivity contribution is 6.18. The number of rotatable bonds is 9. The van der Waals surface area contributed by atoms with Gasteiger partial charge in [0.25, 0.3) is 5.91 Å². The van der Waals surface area contributed by atoms with E-state index < -0.39 is 36.0 Å². The summed E-state index contributed by atoms with van der Waals surface area (Å²) in [6.07, 6.45) is -3.69. The molecule has 0 aliphatic rings. The molecule has 0 unspecified atom stereocenters. The van der Waals surface area contributed by atoms with Gasteiger partial charge in [0, 0.05) is 32.8 Å². The summed E-state index contributed by atoms with van der Waals surface area (Å²) in [5, 5.41) is 9.18. The quantitative estimate of drug-likeness (QED) is 0.479. The van der Waals surface area contributed by atoms with Gasteiger partial charge in [-0.25, -0.2) is 4.79 Å². The highest BCUT2D eigenvalue weighted by atomic mass is 35.5. The van der Waals surface area contributed by atoms with Gasteiger partial charge in [0.1, 0.15) is 0 Å². The lowest BCUT2D eigenvalue weighted by Crippen LogP contribution is -2.52. The molecular weight excluding hydrogens is 330 g/mol. The molecule has 0 aliphatic heterocycles. The summed E-state index contributed by atoms with van der Waals surface area (Å²) in [4.78, 5) is 47.4. The first-order valence-corrected chi connectivity index (χ1v) is 7.55. The standard InChI is InChI=1S/C14H22ClNO7/c1-8(2)7-16(6-5-15)13(19)11(22-9(3)17)12(14(20)21)23-10(4)18/h8,11-12H,5-7H2,1-4H3,(H,20,21)/t11-,12-/m1/s1. The zero-order valence-electron chi connectivity index (χ0n) is 13.6. The van der Waals surface area contributed by atoms with Crippen molar-refractivity contribution in [3.05, 3.63) is 0 Å². The number of carboxylic acids is 1. The van der Waals surface area contributed by atoms with Crippen molar-refractivity contribution in [1.82, 2.24) is 4.90 Å². The molecule has 23 heavy (non-hydrogen) atoms. The zero-order valence-corrected chi connectivity index (χ0v) is 14.3. The lowest BCUT2D eigenvalue weighted by molar-refractivity contribution is -0.183. The van der Waals surface area contributed by atoms with Gasteiger partial charge < -0.3 is 19.5 Å². The third kappa shape index (κ3) is 7.83. The maximum atomic E-state index is 12.6. The smallest absolute Gasteiger partial charge is 0.349 e. The van der Waals surface area contributed by atoms with Crippen LogP contribution in [0.2, 0.25) is 0 Å². The van der Waals surface area contributed by atoms with Crippen LogP contribution in [0, 0.1) is 5.92 Å². The average molecular weight is 352 g/mol. The summed E-state index contributed by atoms with van der Waals surface area (Å²) in [6.45, 7) is 6.17. The first kappa shape index (κ1) is 21.2. The first-order valence-electron chi connectivity index (χ1n) is 7.02. The van der Waals surface area contributed by atoms with Crippen LogP contribution in [0.15, 0.2) is 0 Å². The SMILES string of the molecule is CC(=O)O[C@@H](C(=O)O)[C@@H](OC(C)=O)C(=O)N(CCCl)CC(C)C. The first-order chi connectivity index (χ1) is 10.6. The van der Waals surface area contributed by atoms with Gasteiger partial charge >= 0.3 is 17.9 Å². The van der Waals surface area contributed by atoms with Gasteiger partial charge in [-0.15, -0.1) is 11.6 Å². The fourth-order valence-electron chi connectivity index (χ4n) is 1.86. The number of esters is 2. The Morgan fingerprint density at radius 1 is 1.04 bits per heavy atom. The number of carbonyl (C=O) groups is 4. The van der Waals surface area contributed by atoms with Crippen molar-refractivity contribution < 1.29 is 33.8 Å². The fraction of sp³-hybridized carbons (Fsp3) is 0.714. The zero-order chi connectivity index (χ0) is 18.2. The van der Waals surface area contributed by atoms with E-state index in [2.05, 4.69) is 4.74 Å². The Morgan fingerprint density at radius 2 is 1.52 bits per heavy atom. The van der Waals surface area contributed by atoms with Gasteiger partial charge in [0.05, 0.1) is 0 Å². The van der Waals surface area contributed by atoms with E-state index in [0.717, 1.165) is 13.8 Å². The van der Waals surface area contributed by atoms with Crippen LogP contribution < -0.4 is 0 Å². The molecule has 0 spiro atoms. The van der Waals surface area contributed by atoms with Crippen LogP contribution in [0.25, 0.3) is 0 Å². The summed E-state index contributed by atoms with van der Waals surface area (Å²) in [5.74, 6) is -3.93. The third-order valence-corrected chi connectivity index (χ3v) is 2.77. The van der Waals surface area contributed by atoms with E-state index in [4.69, 9.17) is 16.3 Å². The molecular formula is C14H22ClNO7. The molecule has 0 aromatic heterocycles. The van der Waals surface area contributed by atoms with Crippen molar-refractivity contribution in [3.8, 4) is 0 Å². The van der Waals surface area contributed by atoms with Crippen molar-refractivity contribution >= 4 is 35.4 Å². The topological polar surface area (TPSA) is 110 Å². The van der Waals surface area contributed by atoms with Crippen LogP contribution in [-0.2, 0) is 28.7 Å². The Balaban J connectivity index is 5.53. The molecule has 0 bridgehead atoms. The maximum Gasteiger partial charge on any atom is 0.349 e. The number of amides is 1. The molecule has 8 nitrogen and oxygen atoms in total. The van der Waals surface area contributed by atoms with Crippen molar-refractivity contribution in [1.29, 1.82) is 0 Å². The predicted molar refractivity (Wildman–Crippen MR) is 80.9 cm³/mol. The number of halogens is 1. The van der Waals surface area contributed by atoms with E-state index >= 15 is 0 Å². The molecule has 0 saturated heterocycles. The van der Waals surface area contributed by atoms with Crippen LogP contribution in [0.3, 0.4) is 0 Å². The van der Waals surface area contributed by atoms with Gasteiger partial charge in [0.15, 0.2) is 0 Å². The molecule has 0 radical (unpaired) electrons. The molecule has 0 aromatic carbocycles. The minimum atomic E-state index is -1.92. The second-order valence-electron chi connectivity index (χ2n) is 5.27. The van der Waals surface area contributed by atoms with Gasteiger partial charge in [-0.05, 0) is 5.92 Å². The lowest BCUT2D eigenvalue weighted by Gasteiger charge is -2.30. The Morgan fingerprint density at radius 3 is 1.87 bits per heavy atom. The summed E-state index contributed by atoms with van der Waals surface area (Å²) in [7, 11) is 0. The molecule has 0 aromatic rings. The van der Waals surface area contributed by atoms with E-state index in [9.17, 15) is 24.3 Å². The van der Waals surface area contributed by atoms with Crippen molar-refractivity contribution in [2.24, 2.45) is 5.92 Å². The number of carbonyl (C=O) groups excluding carboxylic acids is 3. The highest BCUT2D eigenvalue weighted by Crippen LogP contribution is 2.12. The molecule has 0 rings (SSSR count). The molecule has 2 atom stereocenters. The van der Waals surface area contributed by atoms with Crippen LogP contribution >= 0.6 is 11.6 Å². The number of hydrogen-bond donors (Lipinski definition) is 1. The summed E-state index contributed by atoms with van der Waals surface area (Å²) in [6, 6.07) is 0. The second kappa shape index (κ2) is 10.0. The van der Waals surface area contributed by atoms with E-state index in [-0.39, 0.29) is 24.9 Å². The van der Waals surface area contributed by atoms with E-state index in [1.807, 2.05) is 13.8 Å². The van der Waals surface area contributed by atoms with Crippen molar-refractivity contribution in [2.75, 3.05) is 19.0 Å². The molecule has 0 saturated carbocycles. The van der Waals surface area contributed by atoms with Crippen LogP contribution in [0.1, 0.15) is 27.7 Å². The number of nitrogens with zero attached hydrogens (tertiary/aromatic N) is 1. The van der Waals surface area contributed by atoms with Crippen LogP contribution in [0.4, 0.5) is 0 Å². The van der Waals surface area contributed by atoms with Gasteiger partial charge in [-0.3, -0.25) is 14.4 Å². The maximum absolute atomic E-state index is 12.6. The number of ether oxygens (including phenoxy) is 2. The van der Waals surface area contributed by atoms with E-state index in [1.165, 1.54) is 4.90 Å². The molecule has 0 fully saturated rings. The Bertz CT molecular complexity index is 452. The van der Waals surface area contributed by atoms with E-state index in [1.54, 1.807) is 0 Å². The summed E-state index contributed by atoms with van der Waals surface area (Å²) < 4.78 is 9.45. The fourth-order valence-corrected chi connectivity index (χ4v) is 2.06. The minimum absolute atomic E-state index is 0.0807. The summed E-state index contributed by atoms with van der Waals surface area (Å²) in [5.41, 5.74) is 0. The van der Waals surface area contributed by atoms with Crippen LogP contribution in [-0.4, -0.2) is 65.0 Å². The van der Waals surface area contributed by atoms with Gasteiger partial charge in [-0.2, -0.15) is 0 Å². The number of carboxylic acid groups (broad SMARTS) is 1. The van der Waals surface area contributed by atoms with Gasteiger partial charge in [-0.1, -0.05) is 13.8 Å². The van der Waals surface area contributed by atoms with Crippen molar-refractivity contribution in [2.45, 2.75) is 39.9 Å². The lowest BCUT2D eigenvalue weighted by atomic mass is 10.1. The number of hydrogen-bond acceptors (Lipinski definition) is 6. The molecule has 0 heterocycles. The molecule has 9 heteroatoms. The normalized spacial score (nSPS) is 13.1. The van der Waals surface area contributed by atoms with Gasteiger partial charge in [0.2, 0.25) is 12.2 Å². The minimum Gasteiger partial charge on any atom is -0.478 e. The number of alkyl halides is 1. The van der Waals surface area contributed by atoms with Crippen molar-refractivity contribution in [3.63, 3.8) is 0 Å². The highest BCUT2D eigenvalue weighted by Gasteiger charge is 2.41. The van der Waals surface area contributed by atoms with E-state index in [0.29, 0.717) is 0 Å². The van der Waals surface area contributed by atoms with Crippen LogP contribution in [0.5, 0.6) is 0 Å². The summed E-state index contributed by atoms with van der Waals surface area (Å²) >= 11 is 5.66. The molecule has 1 amide bonds. The molecule has 132 valence electrons. The predicted octanol–water partition coefficient (Wildman–Crippen LogP) is 0.658. The molecule has 0 aliphatic carbocycles. The number of aliphatic carboxylic acids is 1. The molecule has 1 N–H and O–H groups in total. The Labute approximate surface area is 139 Å².